The van der Waals surface area contributed by atoms with E-state index in [2.05, 4.69) is 37.1 Å². The Morgan fingerprint density at radius 1 is 1.44 bits per heavy atom. The van der Waals surface area contributed by atoms with Crippen LogP contribution in [0.4, 0.5) is 0 Å². The number of piperidine rings is 1. The zero-order chi connectivity index (χ0) is 13.1. The van der Waals surface area contributed by atoms with Crippen molar-refractivity contribution in [3.63, 3.8) is 0 Å². The Kier molecular flexibility index (Phi) is 4.82. The minimum Gasteiger partial charge on any atom is -0.326 e. The van der Waals surface area contributed by atoms with Crippen LogP contribution < -0.4 is 5.73 Å². The molecule has 1 fully saturated rings. The first-order valence-electron chi connectivity index (χ1n) is 7.17. The molecule has 3 heteroatoms. The topological polar surface area (TPSA) is 29.3 Å². The molecule has 2 nitrogen and oxygen atoms in total. The Bertz CT molecular complexity index is 366. The summed E-state index contributed by atoms with van der Waals surface area (Å²) < 4.78 is 0. The van der Waals surface area contributed by atoms with Crippen molar-refractivity contribution in [1.29, 1.82) is 0 Å². The van der Waals surface area contributed by atoms with Crippen LogP contribution in [0, 0.1) is 12.8 Å². The van der Waals surface area contributed by atoms with Crippen LogP contribution in [0.15, 0.2) is 11.4 Å². The van der Waals surface area contributed by atoms with Gasteiger partial charge in [-0.05, 0) is 62.2 Å². The first-order valence-corrected chi connectivity index (χ1v) is 8.05. The van der Waals surface area contributed by atoms with E-state index in [1.807, 2.05) is 11.3 Å². The lowest BCUT2D eigenvalue weighted by atomic mass is 9.94. The fourth-order valence-corrected chi connectivity index (χ4v) is 3.98. The van der Waals surface area contributed by atoms with Gasteiger partial charge in [0.25, 0.3) is 0 Å². The monoisotopic (exact) mass is 266 g/mol. The van der Waals surface area contributed by atoms with Gasteiger partial charge in [0, 0.05) is 10.9 Å². The molecule has 0 amide bonds. The molecule has 1 aliphatic rings. The summed E-state index contributed by atoms with van der Waals surface area (Å²) in [6, 6.07) is 2.92. The van der Waals surface area contributed by atoms with Gasteiger partial charge in [-0.15, -0.1) is 11.3 Å². The van der Waals surface area contributed by atoms with Gasteiger partial charge in [-0.1, -0.05) is 13.8 Å². The van der Waals surface area contributed by atoms with E-state index >= 15 is 0 Å². The molecule has 2 unspecified atom stereocenters. The maximum Gasteiger partial charge on any atom is 0.0596 e. The van der Waals surface area contributed by atoms with Crippen LogP contribution >= 0.6 is 11.3 Å². The van der Waals surface area contributed by atoms with Gasteiger partial charge in [0.2, 0.25) is 0 Å². The molecule has 2 atom stereocenters. The molecule has 18 heavy (non-hydrogen) atoms. The molecule has 1 aromatic rings. The van der Waals surface area contributed by atoms with Gasteiger partial charge in [-0.25, -0.2) is 0 Å². The quantitative estimate of drug-likeness (QED) is 0.903. The Morgan fingerprint density at radius 3 is 2.61 bits per heavy atom. The Morgan fingerprint density at radius 2 is 2.11 bits per heavy atom. The Balaban J connectivity index is 2.18. The van der Waals surface area contributed by atoms with Crippen LogP contribution in [-0.4, -0.2) is 24.0 Å². The van der Waals surface area contributed by atoms with Crippen molar-refractivity contribution >= 4 is 11.3 Å². The third-order valence-electron chi connectivity index (χ3n) is 4.26. The third-order valence-corrected chi connectivity index (χ3v) is 5.35. The largest absolute Gasteiger partial charge is 0.326 e. The van der Waals surface area contributed by atoms with Crippen LogP contribution in [0.2, 0.25) is 0 Å². The highest BCUT2D eigenvalue weighted by Gasteiger charge is 2.30. The van der Waals surface area contributed by atoms with Crippen LogP contribution in [0.3, 0.4) is 0 Å². The minimum absolute atomic E-state index is 0.260. The zero-order valence-electron chi connectivity index (χ0n) is 11.9. The number of hydrogen-bond acceptors (Lipinski definition) is 3. The summed E-state index contributed by atoms with van der Waals surface area (Å²) in [6.45, 7) is 9.19. The summed E-state index contributed by atoms with van der Waals surface area (Å²) in [4.78, 5) is 4.10. The summed E-state index contributed by atoms with van der Waals surface area (Å²) in [6.07, 6.45) is 3.68. The van der Waals surface area contributed by atoms with Crippen LogP contribution in [0.25, 0.3) is 0 Å². The molecule has 0 bridgehead atoms. The summed E-state index contributed by atoms with van der Waals surface area (Å²) in [5, 5.41) is 2.20. The second-order valence-corrected chi connectivity index (χ2v) is 6.65. The molecule has 0 aromatic carbocycles. The van der Waals surface area contributed by atoms with E-state index < -0.39 is 0 Å². The number of thiophene rings is 1. The highest BCUT2D eigenvalue weighted by Crippen LogP contribution is 2.34. The molecule has 0 radical (unpaired) electrons. The van der Waals surface area contributed by atoms with E-state index in [-0.39, 0.29) is 6.04 Å². The van der Waals surface area contributed by atoms with Gasteiger partial charge in [0.15, 0.2) is 0 Å². The number of aryl methyl sites for hydroxylation is 1. The van der Waals surface area contributed by atoms with Gasteiger partial charge in [0.05, 0.1) is 6.04 Å². The average molecular weight is 266 g/mol. The highest BCUT2D eigenvalue weighted by atomic mass is 32.1. The lowest BCUT2D eigenvalue weighted by molar-refractivity contribution is 0.120. The van der Waals surface area contributed by atoms with Crippen molar-refractivity contribution in [2.75, 3.05) is 13.1 Å². The van der Waals surface area contributed by atoms with Gasteiger partial charge < -0.3 is 5.73 Å². The molecular formula is C15H26N2S. The molecule has 0 saturated carbocycles. The fraction of sp³-hybridized carbons (Fsp3) is 0.733. The Labute approximate surface area is 115 Å². The standard InChI is InChI=1S/C15H26N2S/c1-4-13(16)14(15-12(3)7-10-18-15)17-8-5-11(2)6-9-17/h7,10-11,13-14H,4-6,8-9,16H2,1-3H3. The van der Waals surface area contributed by atoms with E-state index in [9.17, 15) is 0 Å². The second-order valence-electron chi connectivity index (χ2n) is 5.70. The lowest BCUT2D eigenvalue weighted by Crippen LogP contribution is -2.44. The van der Waals surface area contributed by atoms with Crippen molar-refractivity contribution in [2.24, 2.45) is 11.7 Å². The number of hydrogen-bond donors (Lipinski definition) is 1. The first kappa shape index (κ1) is 14.0. The molecule has 1 aromatic heterocycles. The summed E-state index contributed by atoms with van der Waals surface area (Å²) in [5.74, 6) is 0.879. The third kappa shape index (κ3) is 2.95. The normalized spacial score (nSPS) is 22.0. The number of likely N-dealkylation sites (tertiary alicyclic amines) is 1. The van der Waals surface area contributed by atoms with Crippen LogP contribution in [-0.2, 0) is 0 Å². The highest BCUT2D eigenvalue weighted by molar-refractivity contribution is 7.10. The van der Waals surface area contributed by atoms with E-state index in [0.29, 0.717) is 6.04 Å². The number of nitrogens with two attached hydrogens (primary N) is 1. The summed E-state index contributed by atoms with van der Waals surface area (Å²) >= 11 is 1.87. The van der Waals surface area contributed by atoms with Crippen LogP contribution in [0.5, 0.6) is 0 Å². The van der Waals surface area contributed by atoms with Crippen LogP contribution in [0.1, 0.15) is 49.6 Å². The zero-order valence-corrected chi connectivity index (χ0v) is 12.7. The van der Waals surface area contributed by atoms with E-state index in [4.69, 9.17) is 5.73 Å². The van der Waals surface area contributed by atoms with Gasteiger partial charge in [0.1, 0.15) is 0 Å². The Hall–Kier alpha value is -0.380. The van der Waals surface area contributed by atoms with Crippen molar-refractivity contribution in [2.45, 2.75) is 52.1 Å². The summed E-state index contributed by atoms with van der Waals surface area (Å²) in [7, 11) is 0. The fourth-order valence-electron chi connectivity index (χ4n) is 2.85. The average Bonchev–Trinajstić information content (AvgIpc) is 2.78. The predicted octanol–water partition coefficient (Wildman–Crippen LogP) is 3.57. The van der Waals surface area contributed by atoms with Gasteiger partial charge in [-0.3, -0.25) is 4.90 Å². The van der Waals surface area contributed by atoms with Crippen molar-refractivity contribution in [3.8, 4) is 0 Å². The molecule has 1 aliphatic heterocycles. The maximum absolute atomic E-state index is 6.41. The maximum atomic E-state index is 6.41. The van der Waals surface area contributed by atoms with Crippen molar-refractivity contribution in [3.05, 3.63) is 21.9 Å². The SMILES string of the molecule is CCC(N)C(c1sccc1C)N1CCC(C)CC1. The van der Waals surface area contributed by atoms with Crippen molar-refractivity contribution < 1.29 is 0 Å². The molecule has 2 heterocycles. The molecule has 1 saturated heterocycles. The van der Waals surface area contributed by atoms with E-state index in [0.717, 1.165) is 12.3 Å². The van der Waals surface area contributed by atoms with E-state index in [1.54, 1.807) is 0 Å². The molecule has 2 N–H and O–H groups in total. The molecule has 2 rings (SSSR count). The molecular weight excluding hydrogens is 240 g/mol. The molecule has 102 valence electrons. The molecule has 0 spiro atoms. The lowest BCUT2D eigenvalue weighted by Gasteiger charge is -2.39. The smallest absolute Gasteiger partial charge is 0.0596 e. The molecule has 0 aliphatic carbocycles. The van der Waals surface area contributed by atoms with Gasteiger partial charge in [-0.2, -0.15) is 0 Å². The second kappa shape index (κ2) is 6.18. The number of nitrogens with zero attached hydrogens (tertiary/aromatic N) is 1. The summed E-state index contributed by atoms with van der Waals surface area (Å²) in [5.41, 5.74) is 7.82. The first-order chi connectivity index (χ1) is 8.63. The van der Waals surface area contributed by atoms with E-state index in [1.165, 1.54) is 36.4 Å². The van der Waals surface area contributed by atoms with Gasteiger partial charge >= 0.3 is 0 Å². The number of rotatable bonds is 4. The predicted molar refractivity (Wildman–Crippen MR) is 80.0 cm³/mol. The minimum atomic E-state index is 0.260. The van der Waals surface area contributed by atoms with Crippen molar-refractivity contribution in [1.82, 2.24) is 4.90 Å².